The topological polar surface area (TPSA) is 66.8 Å². The van der Waals surface area contributed by atoms with Gasteiger partial charge in [-0.25, -0.2) is 0 Å². The lowest BCUT2D eigenvalue weighted by Gasteiger charge is -2.44. The molecular formula is C20H31N3O3. The van der Waals surface area contributed by atoms with Crippen molar-refractivity contribution in [3.05, 3.63) is 24.3 Å². The van der Waals surface area contributed by atoms with Gasteiger partial charge in [-0.15, -0.1) is 0 Å². The third-order valence-corrected chi connectivity index (χ3v) is 5.19. The van der Waals surface area contributed by atoms with Gasteiger partial charge in [0.15, 0.2) is 11.7 Å². The first-order valence-electron chi connectivity index (χ1n) is 9.68. The van der Waals surface area contributed by atoms with Crippen LogP contribution in [0.15, 0.2) is 24.3 Å². The van der Waals surface area contributed by atoms with E-state index in [9.17, 15) is 0 Å². The molecule has 0 radical (unpaired) electrons. The summed E-state index contributed by atoms with van der Waals surface area (Å²) in [6.07, 6.45) is 7.24. The lowest BCUT2D eigenvalue weighted by atomic mass is 9.83. The second-order valence-electron chi connectivity index (χ2n) is 7.34. The van der Waals surface area contributed by atoms with E-state index in [0.717, 1.165) is 17.9 Å². The highest BCUT2D eigenvalue weighted by atomic mass is 16.6. The Balaban J connectivity index is 1.68. The molecule has 1 heterocycles. The first kappa shape index (κ1) is 18.8. The molecule has 6 nitrogen and oxygen atoms in total. The average Bonchev–Trinajstić information content (AvgIpc) is 2.65. The summed E-state index contributed by atoms with van der Waals surface area (Å²) in [5, 5.41) is 11.5. The van der Waals surface area contributed by atoms with Crippen molar-refractivity contribution in [2.45, 2.75) is 51.2 Å². The molecular weight excluding hydrogens is 330 g/mol. The van der Waals surface area contributed by atoms with Crippen molar-refractivity contribution < 1.29 is 14.2 Å². The molecule has 144 valence electrons. The van der Waals surface area contributed by atoms with E-state index in [1.54, 1.807) is 4.90 Å². The summed E-state index contributed by atoms with van der Waals surface area (Å²) in [5.74, 6) is 2.57. The molecule has 1 aromatic rings. The molecule has 1 unspecified atom stereocenters. The van der Waals surface area contributed by atoms with Crippen molar-refractivity contribution in [1.29, 1.82) is 5.41 Å². The van der Waals surface area contributed by atoms with Gasteiger partial charge in [-0.05, 0) is 25.0 Å². The summed E-state index contributed by atoms with van der Waals surface area (Å²) >= 11 is 0. The summed E-state index contributed by atoms with van der Waals surface area (Å²) in [7, 11) is 1.85. The number of hydrogen-bond acceptors (Lipinski definition) is 4. The van der Waals surface area contributed by atoms with Crippen LogP contribution in [0, 0.1) is 11.3 Å². The quantitative estimate of drug-likeness (QED) is 0.777. The van der Waals surface area contributed by atoms with Gasteiger partial charge < -0.3 is 24.4 Å². The zero-order chi connectivity index (χ0) is 18.4. The van der Waals surface area contributed by atoms with Crippen LogP contribution in [-0.4, -0.2) is 43.6 Å². The predicted octanol–water partition coefficient (Wildman–Crippen LogP) is 3.57. The second kappa shape index (κ2) is 8.62. The molecule has 2 N–H and O–H groups in total. The lowest BCUT2D eigenvalue weighted by Crippen LogP contribution is -2.64. The maximum Gasteiger partial charge on any atom is 0.194 e. The van der Waals surface area contributed by atoms with Crippen molar-refractivity contribution in [2.24, 2.45) is 5.92 Å². The fourth-order valence-electron chi connectivity index (χ4n) is 3.76. The number of rotatable bonds is 7. The van der Waals surface area contributed by atoms with Gasteiger partial charge in [-0.2, -0.15) is 0 Å². The molecule has 6 heteroatoms. The molecule has 0 bridgehead atoms. The largest absolute Gasteiger partial charge is 0.494 e. The summed E-state index contributed by atoms with van der Waals surface area (Å²) in [5.41, 5.74) is -0.646. The van der Waals surface area contributed by atoms with Crippen molar-refractivity contribution in [3.63, 3.8) is 0 Å². The molecule has 1 atom stereocenters. The molecule has 0 aromatic heterocycles. The van der Waals surface area contributed by atoms with E-state index in [1.807, 2.05) is 38.2 Å². The highest BCUT2D eigenvalue weighted by Crippen LogP contribution is 2.33. The molecule has 1 aromatic carbocycles. The van der Waals surface area contributed by atoms with Crippen molar-refractivity contribution in [1.82, 2.24) is 10.2 Å². The Kier molecular flexibility index (Phi) is 6.25. The molecule has 0 amide bonds. The van der Waals surface area contributed by atoms with Crippen molar-refractivity contribution >= 4 is 5.96 Å². The van der Waals surface area contributed by atoms with Gasteiger partial charge in [0.25, 0.3) is 0 Å². The van der Waals surface area contributed by atoms with Crippen LogP contribution >= 0.6 is 0 Å². The average molecular weight is 361 g/mol. The van der Waals surface area contributed by atoms with Crippen LogP contribution in [0.25, 0.3) is 0 Å². The van der Waals surface area contributed by atoms with Crippen LogP contribution in [-0.2, 0) is 4.74 Å². The highest BCUT2D eigenvalue weighted by molar-refractivity contribution is 5.77. The second-order valence-corrected chi connectivity index (χ2v) is 7.34. The molecule has 1 saturated carbocycles. The molecule has 2 aliphatic rings. The van der Waals surface area contributed by atoms with Crippen LogP contribution in [0.2, 0.25) is 0 Å². The van der Waals surface area contributed by atoms with Gasteiger partial charge in [0.1, 0.15) is 24.8 Å². The minimum absolute atomic E-state index is 0.370. The molecule has 1 aliphatic heterocycles. The Hall–Kier alpha value is -1.95. The first-order chi connectivity index (χ1) is 12.6. The summed E-state index contributed by atoms with van der Waals surface area (Å²) in [6.45, 7) is 3.37. The predicted molar refractivity (Wildman–Crippen MR) is 102 cm³/mol. The first-order valence-corrected chi connectivity index (χ1v) is 9.68. The van der Waals surface area contributed by atoms with Crippen LogP contribution < -0.4 is 14.8 Å². The normalized spacial score (nSPS) is 24.2. The fraction of sp³-hybridized carbons (Fsp3) is 0.650. The van der Waals surface area contributed by atoms with Gasteiger partial charge in [0.05, 0.1) is 6.61 Å². The maximum atomic E-state index is 8.20. The molecule has 1 saturated heterocycles. The third kappa shape index (κ3) is 4.81. The SMILES string of the molecule is CCOc1cccc(OCC2(CC3CCCCC3)NC(=N)N(C)CO2)c1. The van der Waals surface area contributed by atoms with Crippen LogP contribution in [0.3, 0.4) is 0 Å². The van der Waals surface area contributed by atoms with Crippen molar-refractivity contribution in [3.8, 4) is 11.5 Å². The zero-order valence-electron chi connectivity index (χ0n) is 15.9. The third-order valence-electron chi connectivity index (χ3n) is 5.19. The molecule has 0 spiro atoms. The van der Waals surface area contributed by atoms with Gasteiger partial charge in [0.2, 0.25) is 0 Å². The molecule has 1 aliphatic carbocycles. The smallest absolute Gasteiger partial charge is 0.194 e. The van der Waals surface area contributed by atoms with Gasteiger partial charge in [0, 0.05) is 19.5 Å². The monoisotopic (exact) mass is 361 g/mol. The maximum absolute atomic E-state index is 8.20. The van der Waals surface area contributed by atoms with Gasteiger partial charge in [-0.1, -0.05) is 38.2 Å². The number of nitrogens with zero attached hydrogens (tertiary/aromatic N) is 1. The molecule has 26 heavy (non-hydrogen) atoms. The van der Waals surface area contributed by atoms with Gasteiger partial charge in [-0.3, -0.25) is 5.41 Å². The Morgan fingerprint density at radius 2 is 1.96 bits per heavy atom. The summed E-state index contributed by atoms with van der Waals surface area (Å²) in [6, 6.07) is 7.68. The Labute approximate surface area is 156 Å². The van der Waals surface area contributed by atoms with Crippen LogP contribution in [0.1, 0.15) is 45.4 Å². The van der Waals surface area contributed by atoms with Crippen LogP contribution in [0.5, 0.6) is 11.5 Å². The number of nitrogens with one attached hydrogen (secondary N) is 2. The van der Waals surface area contributed by atoms with E-state index in [1.165, 1.54) is 32.1 Å². The van der Waals surface area contributed by atoms with E-state index < -0.39 is 5.72 Å². The van der Waals surface area contributed by atoms with E-state index >= 15 is 0 Å². The fourth-order valence-corrected chi connectivity index (χ4v) is 3.76. The van der Waals surface area contributed by atoms with E-state index in [4.69, 9.17) is 19.6 Å². The summed E-state index contributed by atoms with van der Waals surface area (Å²) < 4.78 is 17.8. The Bertz CT molecular complexity index is 604. The standard InChI is InChI=1S/C20H31N3O3/c1-3-24-17-10-7-11-18(12-17)25-14-20(13-16-8-5-4-6-9-16)22-19(21)23(2)15-26-20/h7,10-12,16H,3-6,8-9,13-15H2,1-2H3,(H2,21,22). The van der Waals surface area contributed by atoms with E-state index in [0.29, 0.717) is 31.8 Å². The highest BCUT2D eigenvalue weighted by Gasteiger charge is 2.40. The van der Waals surface area contributed by atoms with Crippen LogP contribution in [0.4, 0.5) is 0 Å². The number of hydrogen-bond donors (Lipinski definition) is 2. The number of guanidine groups is 1. The number of benzene rings is 1. The van der Waals surface area contributed by atoms with Gasteiger partial charge >= 0.3 is 0 Å². The van der Waals surface area contributed by atoms with E-state index in [2.05, 4.69) is 5.32 Å². The zero-order valence-corrected chi connectivity index (χ0v) is 15.9. The minimum Gasteiger partial charge on any atom is -0.494 e. The molecule has 3 rings (SSSR count). The van der Waals surface area contributed by atoms with Crippen molar-refractivity contribution in [2.75, 3.05) is 27.0 Å². The Morgan fingerprint density at radius 1 is 1.23 bits per heavy atom. The summed E-state index contributed by atoms with van der Waals surface area (Å²) in [4.78, 5) is 1.76. The molecule has 2 fully saturated rings. The minimum atomic E-state index is -0.646. The van der Waals surface area contributed by atoms with E-state index in [-0.39, 0.29) is 0 Å². The number of ether oxygens (including phenoxy) is 3. The Morgan fingerprint density at radius 3 is 2.65 bits per heavy atom. The lowest BCUT2D eigenvalue weighted by molar-refractivity contribution is -0.141.